The highest BCUT2D eigenvalue weighted by Gasteiger charge is 2.08. The fourth-order valence-corrected chi connectivity index (χ4v) is 1.20. The summed E-state index contributed by atoms with van der Waals surface area (Å²) in [5.74, 6) is 0. The summed E-state index contributed by atoms with van der Waals surface area (Å²) in [5, 5.41) is 7.56. The highest BCUT2D eigenvalue weighted by Crippen LogP contribution is 2.15. The molecule has 0 aliphatic heterocycles. The number of nitrogens with zero attached hydrogens (tertiary/aromatic N) is 1. The van der Waals surface area contributed by atoms with E-state index in [4.69, 9.17) is 5.41 Å². The minimum atomic E-state index is 0.614. The Labute approximate surface area is 65.1 Å². The van der Waals surface area contributed by atoms with Gasteiger partial charge >= 0.3 is 0 Å². The molecule has 0 radical (unpaired) electrons. The van der Waals surface area contributed by atoms with Crippen LogP contribution in [-0.2, 0) is 0 Å². The van der Waals surface area contributed by atoms with Gasteiger partial charge in [-0.2, -0.15) is 0 Å². The molecule has 0 spiro atoms. The monoisotopic (exact) mass is 144 g/mol. The molecule has 0 saturated heterocycles. The van der Waals surface area contributed by atoms with Gasteiger partial charge in [-0.1, -0.05) is 18.2 Å². The molecule has 1 N–H and O–H groups in total. The number of fused-ring (bicyclic) bond motifs is 1. The summed E-state index contributed by atoms with van der Waals surface area (Å²) in [6.45, 7) is 0. The lowest BCUT2D eigenvalue weighted by Gasteiger charge is -2.08. The SMILES string of the molecule is N=C1CC=Cc2cccnc21. The van der Waals surface area contributed by atoms with Crippen molar-refractivity contribution in [1.29, 1.82) is 5.41 Å². The summed E-state index contributed by atoms with van der Waals surface area (Å²) >= 11 is 0. The van der Waals surface area contributed by atoms with E-state index in [1.54, 1.807) is 6.20 Å². The Morgan fingerprint density at radius 2 is 2.36 bits per heavy atom. The zero-order chi connectivity index (χ0) is 7.68. The molecule has 11 heavy (non-hydrogen) atoms. The first-order valence-corrected chi connectivity index (χ1v) is 3.57. The first kappa shape index (κ1) is 6.28. The molecule has 1 aromatic rings. The van der Waals surface area contributed by atoms with Gasteiger partial charge in [0.2, 0.25) is 0 Å². The lowest BCUT2D eigenvalue weighted by molar-refractivity contribution is 1.21. The third-order valence-electron chi connectivity index (χ3n) is 1.74. The number of pyridine rings is 1. The molecular formula is C9H8N2. The third kappa shape index (κ3) is 0.963. The van der Waals surface area contributed by atoms with Crippen molar-refractivity contribution in [2.75, 3.05) is 0 Å². The number of aromatic nitrogens is 1. The molecule has 2 rings (SSSR count). The van der Waals surface area contributed by atoms with Gasteiger partial charge in [0, 0.05) is 18.2 Å². The largest absolute Gasteiger partial charge is 0.303 e. The van der Waals surface area contributed by atoms with Crippen LogP contribution in [0, 0.1) is 5.41 Å². The molecule has 1 aliphatic rings. The zero-order valence-corrected chi connectivity index (χ0v) is 6.04. The van der Waals surface area contributed by atoms with Crippen molar-refractivity contribution in [3.8, 4) is 0 Å². The maximum absolute atomic E-state index is 7.56. The summed E-state index contributed by atoms with van der Waals surface area (Å²) < 4.78 is 0. The van der Waals surface area contributed by atoms with Crippen LogP contribution >= 0.6 is 0 Å². The zero-order valence-electron chi connectivity index (χ0n) is 6.04. The predicted octanol–water partition coefficient (Wildman–Crippen LogP) is 1.87. The number of allylic oxidation sites excluding steroid dienone is 1. The lowest BCUT2D eigenvalue weighted by Crippen LogP contribution is -2.06. The summed E-state index contributed by atoms with van der Waals surface area (Å²) in [6, 6.07) is 3.87. The molecule has 0 fully saturated rings. The van der Waals surface area contributed by atoms with Gasteiger partial charge in [0.15, 0.2) is 0 Å². The van der Waals surface area contributed by atoms with Crippen LogP contribution in [0.2, 0.25) is 0 Å². The van der Waals surface area contributed by atoms with Crippen LogP contribution in [0.1, 0.15) is 17.7 Å². The second kappa shape index (κ2) is 2.31. The van der Waals surface area contributed by atoms with Crippen LogP contribution in [0.5, 0.6) is 0 Å². The molecule has 0 saturated carbocycles. The Bertz CT molecular complexity index is 326. The molecule has 0 bridgehead atoms. The van der Waals surface area contributed by atoms with Crippen molar-refractivity contribution in [2.45, 2.75) is 6.42 Å². The van der Waals surface area contributed by atoms with Crippen molar-refractivity contribution in [1.82, 2.24) is 4.98 Å². The van der Waals surface area contributed by atoms with Gasteiger partial charge in [0.05, 0.1) is 11.4 Å². The number of rotatable bonds is 0. The smallest absolute Gasteiger partial charge is 0.0912 e. The first-order chi connectivity index (χ1) is 5.38. The van der Waals surface area contributed by atoms with Crippen LogP contribution in [-0.4, -0.2) is 10.7 Å². The van der Waals surface area contributed by atoms with E-state index < -0.39 is 0 Å². The minimum Gasteiger partial charge on any atom is -0.303 e. The van der Waals surface area contributed by atoms with E-state index in [0.29, 0.717) is 12.1 Å². The Morgan fingerprint density at radius 3 is 3.18 bits per heavy atom. The maximum Gasteiger partial charge on any atom is 0.0912 e. The molecule has 2 heteroatoms. The molecule has 0 amide bonds. The standard InChI is InChI=1S/C9H8N2/c10-8-5-1-3-7-4-2-6-11-9(7)8/h1-4,6,10H,5H2. The quantitative estimate of drug-likeness (QED) is 0.592. The van der Waals surface area contributed by atoms with E-state index in [0.717, 1.165) is 11.3 Å². The van der Waals surface area contributed by atoms with Gasteiger partial charge < -0.3 is 5.41 Å². The van der Waals surface area contributed by atoms with E-state index in [9.17, 15) is 0 Å². The van der Waals surface area contributed by atoms with Gasteiger partial charge in [-0.05, 0) is 6.07 Å². The molecule has 1 heterocycles. The summed E-state index contributed by atoms with van der Waals surface area (Å²) in [6.07, 6.45) is 6.45. The van der Waals surface area contributed by atoms with Gasteiger partial charge in [-0.25, -0.2) is 0 Å². The molecule has 0 aromatic carbocycles. The lowest BCUT2D eigenvalue weighted by atomic mass is 10.0. The van der Waals surface area contributed by atoms with E-state index in [1.807, 2.05) is 24.3 Å². The van der Waals surface area contributed by atoms with Gasteiger partial charge in [0.1, 0.15) is 0 Å². The van der Waals surface area contributed by atoms with Crippen LogP contribution in [0.25, 0.3) is 6.08 Å². The average Bonchev–Trinajstić information content (AvgIpc) is 2.06. The summed E-state index contributed by atoms with van der Waals surface area (Å²) in [5.41, 5.74) is 2.50. The normalized spacial score (nSPS) is 14.7. The Hall–Kier alpha value is -1.44. The third-order valence-corrected chi connectivity index (χ3v) is 1.74. The summed E-state index contributed by atoms with van der Waals surface area (Å²) in [4.78, 5) is 4.12. The van der Waals surface area contributed by atoms with E-state index in [-0.39, 0.29) is 0 Å². The van der Waals surface area contributed by atoms with Gasteiger partial charge in [-0.15, -0.1) is 0 Å². The molecule has 2 nitrogen and oxygen atoms in total. The van der Waals surface area contributed by atoms with Crippen molar-refractivity contribution in [2.24, 2.45) is 0 Å². The average molecular weight is 144 g/mol. The van der Waals surface area contributed by atoms with Crippen molar-refractivity contribution >= 4 is 11.8 Å². The molecule has 54 valence electrons. The fourth-order valence-electron chi connectivity index (χ4n) is 1.20. The van der Waals surface area contributed by atoms with E-state index in [1.165, 1.54) is 0 Å². The second-order valence-electron chi connectivity index (χ2n) is 2.53. The highest BCUT2D eigenvalue weighted by molar-refractivity contribution is 6.02. The van der Waals surface area contributed by atoms with Crippen molar-refractivity contribution in [3.63, 3.8) is 0 Å². The van der Waals surface area contributed by atoms with Crippen LogP contribution in [0.3, 0.4) is 0 Å². The van der Waals surface area contributed by atoms with Crippen molar-refractivity contribution < 1.29 is 0 Å². The van der Waals surface area contributed by atoms with Crippen molar-refractivity contribution in [3.05, 3.63) is 35.7 Å². The van der Waals surface area contributed by atoms with Crippen LogP contribution < -0.4 is 0 Å². The number of nitrogens with one attached hydrogen (secondary N) is 1. The fraction of sp³-hybridized carbons (Fsp3) is 0.111. The Morgan fingerprint density at radius 1 is 1.45 bits per heavy atom. The van der Waals surface area contributed by atoms with Gasteiger partial charge in [0.25, 0.3) is 0 Å². The number of hydrogen-bond donors (Lipinski definition) is 1. The predicted molar refractivity (Wildman–Crippen MR) is 44.7 cm³/mol. The highest BCUT2D eigenvalue weighted by atomic mass is 14.7. The maximum atomic E-state index is 7.56. The molecule has 0 unspecified atom stereocenters. The first-order valence-electron chi connectivity index (χ1n) is 3.57. The molecular weight excluding hydrogens is 136 g/mol. The Balaban J connectivity index is 2.63. The molecule has 1 aliphatic carbocycles. The topological polar surface area (TPSA) is 36.7 Å². The second-order valence-corrected chi connectivity index (χ2v) is 2.53. The van der Waals surface area contributed by atoms with Gasteiger partial charge in [-0.3, -0.25) is 4.98 Å². The molecule has 0 atom stereocenters. The summed E-state index contributed by atoms with van der Waals surface area (Å²) in [7, 11) is 0. The van der Waals surface area contributed by atoms with E-state index in [2.05, 4.69) is 4.98 Å². The van der Waals surface area contributed by atoms with E-state index >= 15 is 0 Å². The van der Waals surface area contributed by atoms with Crippen LogP contribution in [0.15, 0.2) is 24.4 Å². The Kier molecular flexibility index (Phi) is 1.32. The van der Waals surface area contributed by atoms with Crippen LogP contribution in [0.4, 0.5) is 0 Å². The minimum absolute atomic E-state index is 0.614. The number of hydrogen-bond acceptors (Lipinski definition) is 2. The molecule has 1 aromatic heterocycles.